The highest BCUT2D eigenvalue weighted by Gasteiger charge is 2.25. The molecule has 18 heavy (non-hydrogen) atoms. The van der Waals surface area contributed by atoms with E-state index in [4.69, 9.17) is 5.73 Å². The smallest absolute Gasteiger partial charge is 0.233 e. The Kier molecular flexibility index (Phi) is 4.11. The molecule has 6 nitrogen and oxygen atoms in total. The number of nitrogens with two attached hydrogens (primary N) is 1. The lowest BCUT2D eigenvalue weighted by molar-refractivity contribution is -0.130. The fourth-order valence-electron chi connectivity index (χ4n) is 2.41. The van der Waals surface area contributed by atoms with E-state index in [0.717, 1.165) is 13.1 Å². The van der Waals surface area contributed by atoms with Crippen LogP contribution in [0.5, 0.6) is 0 Å². The summed E-state index contributed by atoms with van der Waals surface area (Å²) in [7, 11) is 0. The molecule has 1 saturated heterocycles. The molecule has 1 amide bonds. The Hall–Kier alpha value is -1.24. The number of likely N-dealkylation sites (tertiary alicyclic amines) is 1. The van der Waals surface area contributed by atoms with Crippen LogP contribution < -0.4 is 5.73 Å². The molecule has 1 aromatic rings. The molecule has 2 rings (SSSR count). The molecule has 2 atom stereocenters. The van der Waals surface area contributed by atoms with E-state index in [2.05, 4.69) is 29.0 Å². The maximum absolute atomic E-state index is 12.1. The number of nitrogens with one attached hydrogen (secondary N) is 1. The fourth-order valence-corrected chi connectivity index (χ4v) is 3.12. The van der Waals surface area contributed by atoms with E-state index in [9.17, 15) is 4.79 Å². The highest BCUT2D eigenvalue weighted by atomic mass is 32.2. The van der Waals surface area contributed by atoms with Gasteiger partial charge >= 0.3 is 0 Å². The summed E-state index contributed by atoms with van der Waals surface area (Å²) in [5, 5.41) is 6.98. The average Bonchev–Trinajstić information content (AvgIpc) is 2.70. The molecule has 0 radical (unpaired) electrons. The van der Waals surface area contributed by atoms with Crippen LogP contribution in [0.3, 0.4) is 0 Å². The lowest BCUT2D eigenvalue weighted by Gasteiger charge is -2.34. The molecule has 1 aromatic heterocycles. The third-order valence-corrected chi connectivity index (χ3v) is 3.86. The van der Waals surface area contributed by atoms with Crippen molar-refractivity contribution < 1.29 is 4.79 Å². The standard InChI is InChI=1S/C11H19N5OS/c1-7-3-8(2)5-16(4-7)9(17)6-18-11-13-10(12)14-15-11/h7-8H,3-6H2,1-2H3,(H3,12,13,14,15)/t7-,8-/m0/s1. The van der Waals surface area contributed by atoms with Gasteiger partial charge in [-0.2, -0.15) is 4.98 Å². The molecule has 0 aromatic carbocycles. The fraction of sp³-hybridized carbons (Fsp3) is 0.727. The van der Waals surface area contributed by atoms with E-state index in [0.29, 0.717) is 22.7 Å². The quantitative estimate of drug-likeness (QED) is 0.799. The maximum Gasteiger partial charge on any atom is 0.233 e. The Balaban J connectivity index is 1.84. The Labute approximate surface area is 111 Å². The molecule has 0 spiro atoms. The van der Waals surface area contributed by atoms with Crippen LogP contribution in [0.4, 0.5) is 5.95 Å². The lowest BCUT2D eigenvalue weighted by atomic mass is 9.92. The zero-order valence-corrected chi connectivity index (χ0v) is 11.5. The first-order valence-corrected chi connectivity index (χ1v) is 7.11. The van der Waals surface area contributed by atoms with E-state index < -0.39 is 0 Å². The highest BCUT2D eigenvalue weighted by Crippen LogP contribution is 2.22. The van der Waals surface area contributed by atoms with Crippen LogP contribution in [0.1, 0.15) is 20.3 Å². The summed E-state index contributed by atoms with van der Waals surface area (Å²) in [6.07, 6.45) is 1.20. The van der Waals surface area contributed by atoms with Crippen molar-refractivity contribution in [3.8, 4) is 0 Å². The topological polar surface area (TPSA) is 87.9 Å². The van der Waals surface area contributed by atoms with Gasteiger partial charge in [-0.15, -0.1) is 5.10 Å². The predicted octanol–water partition coefficient (Wildman–Crippen LogP) is 0.984. The van der Waals surface area contributed by atoms with Gasteiger partial charge in [0.05, 0.1) is 5.75 Å². The summed E-state index contributed by atoms with van der Waals surface area (Å²) in [4.78, 5) is 18.0. The molecule has 100 valence electrons. The van der Waals surface area contributed by atoms with Crippen molar-refractivity contribution in [2.45, 2.75) is 25.4 Å². The summed E-state index contributed by atoms with van der Waals surface area (Å²) in [6, 6.07) is 0. The largest absolute Gasteiger partial charge is 0.368 e. The molecule has 0 aliphatic carbocycles. The number of nitrogens with zero attached hydrogens (tertiary/aromatic N) is 3. The zero-order valence-electron chi connectivity index (χ0n) is 10.7. The molecular formula is C11H19N5OS. The highest BCUT2D eigenvalue weighted by molar-refractivity contribution is 7.99. The average molecular weight is 269 g/mol. The van der Waals surface area contributed by atoms with Crippen molar-refractivity contribution in [2.24, 2.45) is 11.8 Å². The van der Waals surface area contributed by atoms with E-state index in [-0.39, 0.29) is 11.9 Å². The summed E-state index contributed by atoms with van der Waals surface area (Å²) in [6.45, 7) is 6.11. The van der Waals surface area contributed by atoms with Crippen LogP contribution in [-0.4, -0.2) is 44.8 Å². The van der Waals surface area contributed by atoms with Gasteiger partial charge in [-0.1, -0.05) is 25.6 Å². The van der Waals surface area contributed by atoms with Gasteiger partial charge in [0.1, 0.15) is 0 Å². The van der Waals surface area contributed by atoms with Crippen LogP contribution >= 0.6 is 11.8 Å². The lowest BCUT2D eigenvalue weighted by Crippen LogP contribution is -2.43. The van der Waals surface area contributed by atoms with E-state index in [1.54, 1.807) is 0 Å². The van der Waals surface area contributed by atoms with Crippen LogP contribution in [0.25, 0.3) is 0 Å². The van der Waals surface area contributed by atoms with Gasteiger partial charge in [0.15, 0.2) is 0 Å². The first-order valence-electron chi connectivity index (χ1n) is 6.13. The second-order valence-electron chi connectivity index (χ2n) is 5.04. The molecule has 3 N–H and O–H groups in total. The van der Waals surface area contributed by atoms with Crippen LogP contribution in [0.2, 0.25) is 0 Å². The van der Waals surface area contributed by atoms with Crippen molar-refractivity contribution in [3.63, 3.8) is 0 Å². The number of aromatic amines is 1. The van der Waals surface area contributed by atoms with E-state index >= 15 is 0 Å². The number of aromatic nitrogens is 3. The summed E-state index contributed by atoms with van der Waals surface area (Å²) >= 11 is 1.32. The molecule has 0 bridgehead atoms. The summed E-state index contributed by atoms with van der Waals surface area (Å²) in [5.41, 5.74) is 5.43. The molecule has 2 heterocycles. The molecule has 7 heteroatoms. The number of anilines is 1. The number of H-pyrrole nitrogens is 1. The number of hydrogen-bond donors (Lipinski definition) is 2. The molecule has 1 aliphatic rings. The van der Waals surface area contributed by atoms with Crippen molar-refractivity contribution in [1.82, 2.24) is 20.1 Å². The van der Waals surface area contributed by atoms with Gasteiger partial charge in [0.2, 0.25) is 17.0 Å². The normalized spacial score (nSPS) is 24.2. The van der Waals surface area contributed by atoms with Gasteiger partial charge in [0, 0.05) is 13.1 Å². The monoisotopic (exact) mass is 269 g/mol. The minimum atomic E-state index is 0.154. The second-order valence-corrected chi connectivity index (χ2v) is 5.98. The number of carbonyl (C=O) groups is 1. The van der Waals surface area contributed by atoms with Crippen molar-refractivity contribution >= 4 is 23.6 Å². The first kappa shape index (κ1) is 13.2. The zero-order chi connectivity index (χ0) is 13.1. The van der Waals surface area contributed by atoms with Crippen LogP contribution in [0, 0.1) is 11.8 Å². The van der Waals surface area contributed by atoms with Gasteiger partial charge in [-0.3, -0.25) is 4.79 Å². The molecule has 1 fully saturated rings. The summed E-state index contributed by atoms with van der Waals surface area (Å²) < 4.78 is 0. The Bertz CT molecular complexity index is 411. The molecule has 1 aliphatic heterocycles. The Morgan fingerprint density at radius 1 is 1.50 bits per heavy atom. The Morgan fingerprint density at radius 3 is 2.72 bits per heavy atom. The third kappa shape index (κ3) is 3.38. The number of amides is 1. The van der Waals surface area contributed by atoms with E-state index in [1.807, 2.05) is 4.90 Å². The van der Waals surface area contributed by atoms with Crippen LogP contribution in [0.15, 0.2) is 5.16 Å². The Morgan fingerprint density at radius 2 is 2.17 bits per heavy atom. The van der Waals surface area contributed by atoms with Crippen molar-refractivity contribution in [3.05, 3.63) is 0 Å². The maximum atomic E-state index is 12.1. The predicted molar refractivity (Wildman–Crippen MR) is 71.0 cm³/mol. The minimum absolute atomic E-state index is 0.154. The number of hydrogen-bond acceptors (Lipinski definition) is 5. The van der Waals surface area contributed by atoms with Gasteiger partial charge < -0.3 is 10.6 Å². The number of piperidine rings is 1. The number of nitrogen functional groups attached to an aromatic ring is 1. The van der Waals surface area contributed by atoms with Crippen LogP contribution in [-0.2, 0) is 4.79 Å². The second kappa shape index (κ2) is 5.60. The van der Waals surface area contributed by atoms with Gasteiger partial charge in [-0.25, -0.2) is 5.10 Å². The molecule has 0 unspecified atom stereocenters. The number of carbonyl (C=O) groups excluding carboxylic acids is 1. The first-order chi connectivity index (χ1) is 8.54. The third-order valence-electron chi connectivity index (χ3n) is 3.03. The number of rotatable bonds is 3. The SMILES string of the molecule is C[C@H]1C[C@H](C)CN(C(=O)CSc2n[nH]c(N)n2)C1. The molecular weight excluding hydrogens is 250 g/mol. The van der Waals surface area contributed by atoms with Gasteiger partial charge in [-0.05, 0) is 18.3 Å². The molecule has 0 saturated carbocycles. The van der Waals surface area contributed by atoms with Crippen molar-refractivity contribution in [2.75, 3.05) is 24.6 Å². The summed E-state index contributed by atoms with van der Waals surface area (Å²) in [5.74, 6) is 1.98. The minimum Gasteiger partial charge on any atom is -0.368 e. The number of thioether (sulfide) groups is 1. The van der Waals surface area contributed by atoms with Crippen molar-refractivity contribution in [1.29, 1.82) is 0 Å². The van der Waals surface area contributed by atoms with E-state index in [1.165, 1.54) is 18.2 Å². The van der Waals surface area contributed by atoms with Gasteiger partial charge in [0.25, 0.3) is 0 Å².